The van der Waals surface area contributed by atoms with Crippen LogP contribution in [0.5, 0.6) is 11.5 Å². The van der Waals surface area contributed by atoms with E-state index in [4.69, 9.17) is 9.47 Å². The van der Waals surface area contributed by atoms with Crippen LogP contribution in [0, 0.1) is 0 Å². The van der Waals surface area contributed by atoms with Crippen LogP contribution in [-0.4, -0.2) is 39.1 Å². The molecule has 2 atom stereocenters. The summed E-state index contributed by atoms with van der Waals surface area (Å²) < 4.78 is 13.7. The van der Waals surface area contributed by atoms with Crippen molar-refractivity contribution in [1.29, 1.82) is 0 Å². The van der Waals surface area contributed by atoms with Crippen LogP contribution < -0.4 is 14.8 Å². The van der Waals surface area contributed by atoms with Crippen molar-refractivity contribution < 1.29 is 14.3 Å². The second-order valence-electron chi connectivity index (χ2n) is 7.67. The lowest BCUT2D eigenvalue weighted by molar-refractivity contribution is -0.120. The van der Waals surface area contributed by atoms with E-state index >= 15 is 0 Å². The Bertz CT molecular complexity index is 927. The highest BCUT2D eigenvalue weighted by atomic mass is 32.2. The zero-order valence-electron chi connectivity index (χ0n) is 17.5. The molecular formula is C22H28N4O3S. The molecule has 1 aliphatic carbocycles. The van der Waals surface area contributed by atoms with Gasteiger partial charge in [0.25, 0.3) is 0 Å². The van der Waals surface area contributed by atoms with Gasteiger partial charge in [-0.25, -0.2) is 0 Å². The average Bonchev–Trinajstić information content (AvgIpc) is 3.14. The summed E-state index contributed by atoms with van der Waals surface area (Å²) in [5.41, 5.74) is 1.47. The number of hydrogen-bond acceptors (Lipinski definition) is 6. The summed E-state index contributed by atoms with van der Waals surface area (Å²) in [5, 5.41) is 12.0. The van der Waals surface area contributed by atoms with Gasteiger partial charge in [0.05, 0.1) is 5.25 Å². The quantitative estimate of drug-likeness (QED) is 0.534. The monoisotopic (exact) mass is 428 g/mol. The molecule has 1 amide bonds. The first kappa shape index (κ1) is 20.8. The molecule has 0 radical (unpaired) electrons. The van der Waals surface area contributed by atoms with Gasteiger partial charge < -0.3 is 19.4 Å². The highest BCUT2D eigenvalue weighted by molar-refractivity contribution is 8.00. The smallest absolute Gasteiger partial charge is 0.233 e. The van der Waals surface area contributed by atoms with E-state index in [0.717, 1.165) is 12.2 Å². The van der Waals surface area contributed by atoms with Gasteiger partial charge >= 0.3 is 0 Å². The summed E-state index contributed by atoms with van der Waals surface area (Å²) in [6.07, 6.45) is 7.82. The van der Waals surface area contributed by atoms with Gasteiger partial charge in [-0.3, -0.25) is 4.79 Å². The zero-order valence-corrected chi connectivity index (χ0v) is 18.3. The molecule has 2 aromatic rings. The molecule has 0 bridgehead atoms. The van der Waals surface area contributed by atoms with Crippen molar-refractivity contribution in [3.63, 3.8) is 0 Å². The molecular weight excluding hydrogens is 400 g/mol. The largest absolute Gasteiger partial charge is 0.485 e. The van der Waals surface area contributed by atoms with Crippen LogP contribution in [0.15, 0.2) is 41.1 Å². The van der Waals surface area contributed by atoms with E-state index in [2.05, 4.69) is 21.6 Å². The Labute approximate surface area is 181 Å². The Morgan fingerprint density at radius 3 is 2.93 bits per heavy atom. The molecule has 0 fully saturated rings. The second-order valence-corrected chi connectivity index (χ2v) is 8.98. The van der Waals surface area contributed by atoms with Gasteiger partial charge in [0, 0.05) is 13.6 Å². The lowest BCUT2D eigenvalue weighted by Crippen LogP contribution is -2.32. The first-order chi connectivity index (χ1) is 14.6. The number of amides is 1. The number of ether oxygens (including phenoxy) is 2. The van der Waals surface area contributed by atoms with Gasteiger partial charge in [-0.2, -0.15) is 0 Å². The number of thioether (sulfide) groups is 1. The number of hydrogen-bond donors (Lipinski definition) is 1. The fourth-order valence-electron chi connectivity index (χ4n) is 3.69. The van der Waals surface area contributed by atoms with Crippen molar-refractivity contribution in [2.24, 2.45) is 7.05 Å². The van der Waals surface area contributed by atoms with Crippen LogP contribution in [-0.2, 0) is 11.8 Å². The summed E-state index contributed by atoms with van der Waals surface area (Å²) >= 11 is 1.40. The maximum atomic E-state index is 12.5. The molecule has 0 saturated heterocycles. The molecule has 0 saturated carbocycles. The van der Waals surface area contributed by atoms with Crippen LogP contribution in [0.3, 0.4) is 0 Å². The van der Waals surface area contributed by atoms with E-state index in [9.17, 15) is 4.79 Å². The Hall–Kier alpha value is -2.48. The molecule has 4 rings (SSSR count). The van der Waals surface area contributed by atoms with Crippen molar-refractivity contribution in [2.75, 3.05) is 13.2 Å². The number of rotatable bonds is 7. The minimum absolute atomic E-state index is 0.0205. The van der Waals surface area contributed by atoms with E-state index in [0.29, 0.717) is 29.9 Å². The third-order valence-electron chi connectivity index (χ3n) is 5.45. The highest BCUT2D eigenvalue weighted by Crippen LogP contribution is 2.36. The number of nitrogens with zero attached hydrogens (tertiary/aromatic N) is 3. The Morgan fingerprint density at radius 2 is 2.13 bits per heavy atom. The second kappa shape index (κ2) is 9.55. The highest BCUT2D eigenvalue weighted by Gasteiger charge is 2.28. The predicted octanol–water partition coefficient (Wildman–Crippen LogP) is 3.81. The minimum atomic E-state index is -0.334. The Kier molecular flexibility index (Phi) is 6.62. The topological polar surface area (TPSA) is 78.3 Å². The molecule has 30 heavy (non-hydrogen) atoms. The summed E-state index contributed by atoms with van der Waals surface area (Å²) in [6.45, 7) is 2.95. The SMILES string of the molecule is CC(Sc1nnc(C2COc3ccccc3O2)n1C)C(=O)NCCC1=CCCCC1. The summed E-state index contributed by atoms with van der Waals surface area (Å²) in [4.78, 5) is 12.5. The first-order valence-electron chi connectivity index (χ1n) is 10.5. The fraction of sp³-hybridized carbons (Fsp3) is 0.500. The molecule has 1 aromatic carbocycles. The number of allylic oxidation sites excluding steroid dienone is 1. The number of aromatic nitrogens is 3. The molecule has 160 valence electrons. The van der Waals surface area contributed by atoms with E-state index in [1.54, 1.807) is 0 Å². The molecule has 0 spiro atoms. The minimum Gasteiger partial charge on any atom is -0.485 e. The van der Waals surface area contributed by atoms with Gasteiger partial charge in [0.1, 0.15) is 6.61 Å². The third-order valence-corrected chi connectivity index (χ3v) is 6.58. The van der Waals surface area contributed by atoms with Gasteiger partial charge in [-0.15, -0.1) is 10.2 Å². The lowest BCUT2D eigenvalue weighted by atomic mass is 9.97. The van der Waals surface area contributed by atoms with Crippen molar-refractivity contribution in [3.8, 4) is 11.5 Å². The Balaban J connectivity index is 1.31. The fourth-order valence-corrected chi connectivity index (χ4v) is 4.54. The van der Waals surface area contributed by atoms with Crippen molar-refractivity contribution in [1.82, 2.24) is 20.1 Å². The number of benzene rings is 1. The van der Waals surface area contributed by atoms with Crippen molar-refractivity contribution in [2.45, 2.75) is 55.5 Å². The van der Waals surface area contributed by atoms with Gasteiger partial charge in [0.2, 0.25) is 5.91 Å². The third kappa shape index (κ3) is 4.80. The van der Waals surface area contributed by atoms with Gasteiger partial charge in [-0.1, -0.05) is 35.5 Å². The number of para-hydroxylation sites is 2. The van der Waals surface area contributed by atoms with Crippen molar-refractivity contribution >= 4 is 17.7 Å². The van der Waals surface area contributed by atoms with Gasteiger partial charge in [0.15, 0.2) is 28.6 Å². The standard InChI is InChI=1S/C22H28N4O3S/c1-15(21(27)23-13-12-16-8-4-3-5-9-16)30-22-25-24-20(26(22)2)19-14-28-17-10-6-7-11-18(17)29-19/h6-8,10-11,15,19H,3-5,9,12-14H2,1-2H3,(H,23,27). The molecule has 1 aliphatic heterocycles. The van der Waals surface area contributed by atoms with E-state index in [1.165, 1.54) is 43.0 Å². The first-order valence-corrected chi connectivity index (χ1v) is 11.4. The normalized spacial score (nSPS) is 19.1. The predicted molar refractivity (Wildman–Crippen MR) is 116 cm³/mol. The van der Waals surface area contributed by atoms with Gasteiger partial charge in [-0.05, 0) is 51.2 Å². The van der Waals surface area contributed by atoms with E-state index < -0.39 is 0 Å². The molecule has 2 aliphatic rings. The molecule has 7 nitrogen and oxygen atoms in total. The summed E-state index contributed by atoms with van der Waals surface area (Å²) in [5.74, 6) is 2.14. The summed E-state index contributed by atoms with van der Waals surface area (Å²) in [6, 6.07) is 7.59. The van der Waals surface area contributed by atoms with E-state index in [-0.39, 0.29) is 17.3 Å². The zero-order chi connectivity index (χ0) is 20.9. The molecule has 2 heterocycles. The molecule has 8 heteroatoms. The number of nitrogens with one attached hydrogen (secondary N) is 1. The number of carbonyl (C=O) groups excluding carboxylic acids is 1. The average molecular weight is 429 g/mol. The molecule has 2 unspecified atom stereocenters. The maximum Gasteiger partial charge on any atom is 0.233 e. The van der Waals surface area contributed by atoms with Crippen LogP contribution in [0.25, 0.3) is 0 Å². The number of fused-ring (bicyclic) bond motifs is 1. The lowest BCUT2D eigenvalue weighted by Gasteiger charge is -2.25. The van der Waals surface area contributed by atoms with Crippen LogP contribution in [0.2, 0.25) is 0 Å². The van der Waals surface area contributed by atoms with Crippen LogP contribution in [0.4, 0.5) is 0 Å². The maximum absolute atomic E-state index is 12.5. The molecule has 1 N–H and O–H groups in total. The summed E-state index contributed by atoms with van der Waals surface area (Å²) in [7, 11) is 1.89. The van der Waals surface area contributed by atoms with Crippen LogP contribution in [0.1, 0.15) is 51.0 Å². The van der Waals surface area contributed by atoms with E-state index in [1.807, 2.05) is 42.8 Å². The Morgan fingerprint density at radius 1 is 1.30 bits per heavy atom. The number of carbonyl (C=O) groups is 1. The van der Waals surface area contributed by atoms with Crippen LogP contribution >= 0.6 is 11.8 Å². The van der Waals surface area contributed by atoms with Crippen molar-refractivity contribution in [3.05, 3.63) is 41.7 Å². The molecule has 1 aromatic heterocycles.